The number of amides is 1. The number of carboxylic acids is 1. The molecule has 0 saturated heterocycles. The van der Waals surface area contributed by atoms with Gasteiger partial charge in [-0.1, -0.05) is 31.0 Å². The molecule has 0 aromatic heterocycles. The molecule has 0 spiro atoms. The molecular formula is C16H22N2O3. The van der Waals surface area contributed by atoms with Crippen LogP contribution in [0.25, 0.3) is 0 Å². The average Bonchev–Trinajstić information content (AvgIpc) is 2.96. The van der Waals surface area contributed by atoms with Crippen molar-refractivity contribution in [2.45, 2.75) is 32.1 Å². The minimum atomic E-state index is -0.810. The van der Waals surface area contributed by atoms with Crippen molar-refractivity contribution in [3.05, 3.63) is 35.4 Å². The van der Waals surface area contributed by atoms with E-state index in [2.05, 4.69) is 5.32 Å². The van der Waals surface area contributed by atoms with Crippen LogP contribution in [0.4, 0.5) is 0 Å². The van der Waals surface area contributed by atoms with E-state index in [9.17, 15) is 14.7 Å². The Kier molecular flexibility index (Phi) is 4.96. The summed E-state index contributed by atoms with van der Waals surface area (Å²) in [5, 5.41) is 12.2. The number of rotatable bonds is 6. The molecule has 1 fully saturated rings. The molecule has 21 heavy (non-hydrogen) atoms. The fourth-order valence-corrected chi connectivity index (χ4v) is 2.98. The highest BCUT2D eigenvalue weighted by atomic mass is 16.4. The maximum absolute atomic E-state index is 12.3. The van der Waals surface area contributed by atoms with Crippen LogP contribution < -0.4 is 11.1 Å². The van der Waals surface area contributed by atoms with E-state index in [1.165, 1.54) is 0 Å². The molecule has 0 atom stereocenters. The van der Waals surface area contributed by atoms with E-state index in [-0.39, 0.29) is 12.5 Å². The fraction of sp³-hybridized carbons (Fsp3) is 0.500. The van der Waals surface area contributed by atoms with Gasteiger partial charge in [0.15, 0.2) is 0 Å². The zero-order chi connectivity index (χ0) is 15.3. The van der Waals surface area contributed by atoms with Crippen molar-refractivity contribution in [3.63, 3.8) is 0 Å². The van der Waals surface area contributed by atoms with Crippen LogP contribution in [0.15, 0.2) is 24.3 Å². The van der Waals surface area contributed by atoms with Gasteiger partial charge in [0, 0.05) is 12.1 Å². The predicted molar refractivity (Wildman–Crippen MR) is 80.1 cm³/mol. The smallest absolute Gasteiger partial charge is 0.311 e. The van der Waals surface area contributed by atoms with Gasteiger partial charge in [-0.05, 0) is 37.4 Å². The summed E-state index contributed by atoms with van der Waals surface area (Å²) in [6, 6.07) is 7.31. The summed E-state index contributed by atoms with van der Waals surface area (Å²) in [5.41, 5.74) is 6.24. The quantitative estimate of drug-likeness (QED) is 0.741. The normalized spacial score (nSPS) is 16.6. The molecule has 4 N–H and O–H groups in total. The Labute approximate surface area is 124 Å². The van der Waals surface area contributed by atoms with Gasteiger partial charge in [-0.15, -0.1) is 0 Å². The average molecular weight is 290 g/mol. The summed E-state index contributed by atoms with van der Waals surface area (Å²) < 4.78 is 0. The maximum atomic E-state index is 12.3. The van der Waals surface area contributed by atoms with E-state index in [1.54, 1.807) is 12.1 Å². The van der Waals surface area contributed by atoms with Gasteiger partial charge in [0.1, 0.15) is 0 Å². The molecule has 1 amide bonds. The van der Waals surface area contributed by atoms with Crippen molar-refractivity contribution < 1.29 is 14.7 Å². The van der Waals surface area contributed by atoms with Crippen molar-refractivity contribution >= 4 is 11.9 Å². The number of hydrogen-bond donors (Lipinski definition) is 3. The van der Waals surface area contributed by atoms with Gasteiger partial charge in [-0.3, -0.25) is 9.59 Å². The number of aliphatic carboxylic acids is 1. The molecule has 1 aromatic carbocycles. The summed E-state index contributed by atoms with van der Waals surface area (Å²) in [7, 11) is 0. The van der Waals surface area contributed by atoms with Crippen LogP contribution in [0, 0.1) is 5.41 Å². The van der Waals surface area contributed by atoms with Crippen LogP contribution in [0.1, 0.15) is 41.6 Å². The lowest BCUT2D eigenvalue weighted by Gasteiger charge is -2.24. The number of hydrogen-bond acceptors (Lipinski definition) is 3. The second-order valence-corrected chi connectivity index (χ2v) is 5.67. The van der Waals surface area contributed by atoms with Crippen molar-refractivity contribution in [1.82, 2.24) is 5.32 Å². The monoisotopic (exact) mass is 290 g/mol. The summed E-state index contributed by atoms with van der Waals surface area (Å²) in [4.78, 5) is 23.8. The third-order valence-electron chi connectivity index (χ3n) is 4.28. The zero-order valence-electron chi connectivity index (χ0n) is 12.1. The van der Waals surface area contributed by atoms with Crippen LogP contribution in [-0.4, -0.2) is 30.1 Å². The van der Waals surface area contributed by atoms with Crippen LogP contribution in [0.5, 0.6) is 0 Å². The maximum Gasteiger partial charge on any atom is 0.311 e. The molecule has 114 valence electrons. The third kappa shape index (κ3) is 3.42. The Morgan fingerprint density at radius 3 is 2.52 bits per heavy atom. The summed E-state index contributed by atoms with van der Waals surface area (Å²) in [6.45, 7) is 0.668. The first-order chi connectivity index (χ1) is 10.1. The zero-order valence-corrected chi connectivity index (χ0v) is 12.1. The minimum absolute atomic E-state index is 0.193. The molecule has 1 saturated carbocycles. The SMILES string of the molecule is NCCc1ccccc1C(=O)NCC1(C(=O)O)CCCC1. The van der Waals surface area contributed by atoms with Crippen molar-refractivity contribution in [2.75, 3.05) is 13.1 Å². The second-order valence-electron chi connectivity index (χ2n) is 5.67. The minimum Gasteiger partial charge on any atom is -0.481 e. The van der Waals surface area contributed by atoms with Gasteiger partial charge in [-0.2, -0.15) is 0 Å². The molecule has 5 heteroatoms. The Morgan fingerprint density at radius 1 is 1.24 bits per heavy atom. The molecule has 1 aliphatic rings. The molecule has 0 bridgehead atoms. The Hall–Kier alpha value is -1.88. The van der Waals surface area contributed by atoms with E-state index < -0.39 is 11.4 Å². The fourth-order valence-electron chi connectivity index (χ4n) is 2.98. The first-order valence-electron chi connectivity index (χ1n) is 7.39. The lowest BCUT2D eigenvalue weighted by molar-refractivity contribution is -0.148. The Morgan fingerprint density at radius 2 is 1.90 bits per heavy atom. The highest BCUT2D eigenvalue weighted by Gasteiger charge is 2.41. The molecule has 0 unspecified atom stereocenters. The van der Waals surface area contributed by atoms with Crippen molar-refractivity contribution in [2.24, 2.45) is 11.1 Å². The van der Waals surface area contributed by atoms with E-state index in [0.717, 1.165) is 18.4 Å². The first-order valence-corrected chi connectivity index (χ1v) is 7.39. The molecule has 0 aliphatic heterocycles. The lowest BCUT2D eigenvalue weighted by Crippen LogP contribution is -2.41. The van der Waals surface area contributed by atoms with E-state index in [1.807, 2.05) is 12.1 Å². The van der Waals surface area contributed by atoms with E-state index >= 15 is 0 Å². The molecule has 2 rings (SSSR count). The number of nitrogens with one attached hydrogen (secondary N) is 1. The topological polar surface area (TPSA) is 92.4 Å². The molecule has 0 radical (unpaired) electrons. The number of carbonyl (C=O) groups is 2. The highest BCUT2D eigenvalue weighted by molar-refractivity contribution is 5.96. The Bertz CT molecular complexity index is 522. The number of carboxylic acid groups (broad SMARTS) is 1. The first kappa shape index (κ1) is 15.5. The molecule has 5 nitrogen and oxygen atoms in total. The lowest BCUT2D eigenvalue weighted by atomic mass is 9.86. The van der Waals surface area contributed by atoms with Gasteiger partial charge < -0.3 is 16.2 Å². The third-order valence-corrected chi connectivity index (χ3v) is 4.28. The van der Waals surface area contributed by atoms with Crippen LogP contribution in [-0.2, 0) is 11.2 Å². The van der Waals surface area contributed by atoms with E-state index in [4.69, 9.17) is 5.73 Å². The summed E-state index contributed by atoms with van der Waals surface area (Å²) in [5.74, 6) is -1.03. The van der Waals surface area contributed by atoms with E-state index in [0.29, 0.717) is 31.4 Å². The number of benzene rings is 1. The summed E-state index contributed by atoms with van der Waals surface area (Å²) >= 11 is 0. The van der Waals surface area contributed by atoms with Gasteiger partial charge >= 0.3 is 5.97 Å². The van der Waals surface area contributed by atoms with Crippen LogP contribution >= 0.6 is 0 Å². The number of carbonyl (C=O) groups excluding carboxylic acids is 1. The van der Waals surface area contributed by atoms with Crippen molar-refractivity contribution in [3.8, 4) is 0 Å². The van der Waals surface area contributed by atoms with Crippen LogP contribution in [0.2, 0.25) is 0 Å². The standard InChI is InChI=1S/C16H22N2O3/c17-10-7-12-5-1-2-6-13(12)14(19)18-11-16(15(20)21)8-3-4-9-16/h1-2,5-6H,3-4,7-11,17H2,(H,18,19)(H,20,21). The molecule has 1 aromatic rings. The molecule has 1 aliphatic carbocycles. The number of nitrogens with two attached hydrogens (primary N) is 1. The van der Waals surface area contributed by atoms with Gasteiger partial charge in [0.25, 0.3) is 5.91 Å². The van der Waals surface area contributed by atoms with Crippen molar-refractivity contribution in [1.29, 1.82) is 0 Å². The second kappa shape index (κ2) is 6.72. The largest absolute Gasteiger partial charge is 0.481 e. The van der Waals surface area contributed by atoms with Gasteiger partial charge in [0.05, 0.1) is 5.41 Å². The Balaban J connectivity index is 2.06. The van der Waals surface area contributed by atoms with Gasteiger partial charge in [0.2, 0.25) is 0 Å². The van der Waals surface area contributed by atoms with Crippen LogP contribution in [0.3, 0.4) is 0 Å². The van der Waals surface area contributed by atoms with Gasteiger partial charge in [-0.25, -0.2) is 0 Å². The predicted octanol–water partition coefficient (Wildman–Crippen LogP) is 1.56. The molecule has 0 heterocycles. The molecular weight excluding hydrogens is 268 g/mol. The summed E-state index contributed by atoms with van der Waals surface area (Å²) in [6.07, 6.45) is 3.71. The highest BCUT2D eigenvalue weighted by Crippen LogP contribution is 2.37.